The standard InChI is InChI=1S/C40H54/c1-3-13-11-22-25-15(4-2)16-7-8-19-20-10-9-18-17-6-5-14-12-21-23(13)31(22)36-37-32(21)24(14)26(17)34-29(18)30(20)35-28(19)27(16)33(25)38(36)40(35)39(34)37/h13-40H,3-12H2,1-2H3/t13?,14?,15?,16?,17-,18+,19+,20?,21-,22-,23+,24+,25+,26-,27-,28+,29+,30-,31+,32+,33-,34+,35-,36+,37-,38+,39-,40+/m0/s1. The summed E-state index contributed by atoms with van der Waals surface area (Å²) in [5, 5.41) is 0. The first kappa shape index (κ1) is 21.7. The van der Waals surface area contributed by atoms with E-state index in [2.05, 4.69) is 13.8 Å². The van der Waals surface area contributed by atoms with Crippen LogP contribution in [0.1, 0.15) is 78.1 Å². The molecular weight excluding hydrogens is 480 g/mol. The molecule has 5 unspecified atom stereocenters. The Morgan fingerprint density at radius 2 is 0.750 bits per heavy atom. The molecule has 40 heavy (non-hydrogen) atoms. The summed E-state index contributed by atoms with van der Waals surface area (Å²) in [6, 6.07) is 0. The molecule has 0 bridgehead atoms. The third kappa shape index (κ3) is 1.78. The minimum atomic E-state index is 1.13. The van der Waals surface area contributed by atoms with Crippen molar-refractivity contribution < 1.29 is 0 Å². The monoisotopic (exact) mass is 534 g/mol. The van der Waals surface area contributed by atoms with E-state index in [1.165, 1.54) is 154 Å². The molecule has 0 aromatic heterocycles. The Morgan fingerprint density at radius 3 is 1.38 bits per heavy atom. The number of hydrogen-bond donors (Lipinski definition) is 0. The lowest BCUT2D eigenvalue weighted by atomic mass is 9.43. The minimum absolute atomic E-state index is 1.13. The average molecular weight is 535 g/mol. The fraction of sp³-hybridized carbons (Fsp3) is 1.00. The van der Waals surface area contributed by atoms with Gasteiger partial charge in [0.25, 0.3) is 0 Å². The summed E-state index contributed by atoms with van der Waals surface area (Å²) in [4.78, 5) is 0. The Kier molecular flexibility index (Phi) is 3.45. The van der Waals surface area contributed by atoms with Crippen LogP contribution < -0.4 is 0 Å². The van der Waals surface area contributed by atoms with Gasteiger partial charge in [-0.2, -0.15) is 0 Å². The van der Waals surface area contributed by atoms with Gasteiger partial charge in [0.1, 0.15) is 0 Å². The highest BCUT2D eigenvalue weighted by molar-refractivity contribution is 5.33. The molecule has 14 fully saturated rings. The Balaban J connectivity index is 1.10. The second-order valence-corrected chi connectivity index (χ2v) is 20.2. The predicted molar refractivity (Wildman–Crippen MR) is 155 cm³/mol. The maximum atomic E-state index is 2.69. The maximum Gasteiger partial charge on any atom is -0.0312 e. The van der Waals surface area contributed by atoms with Crippen molar-refractivity contribution in [2.45, 2.75) is 78.1 Å². The Hall–Kier alpha value is 0. The van der Waals surface area contributed by atoms with E-state index >= 15 is 0 Å². The summed E-state index contributed by atoms with van der Waals surface area (Å²) >= 11 is 0. The van der Waals surface area contributed by atoms with E-state index in [-0.39, 0.29) is 0 Å². The van der Waals surface area contributed by atoms with Crippen LogP contribution >= 0.6 is 0 Å². The molecule has 0 heterocycles. The molecule has 14 aliphatic carbocycles. The van der Waals surface area contributed by atoms with Gasteiger partial charge in [0.05, 0.1) is 0 Å². The molecule has 14 saturated carbocycles. The summed E-state index contributed by atoms with van der Waals surface area (Å²) in [6.45, 7) is 5.35. The second-order valence-electron chi connectivity index (χ2n) is 20.2. The van der Waals surface area contributed by atoms with Crippen LogP contribution in [-0.2, 0) is 0 Å². The zero-order valence-electron chi connectivity index (χ0n) is 25.2. The lowest BCUT2D eigenvalue weighted by Gasteiger charge is -2.61. The van der Waals surface area contributed by atoms with Crippen molar-refractivity contribution in [3.8, 4) is 0 Å². The molecule has 0 saturated heterocycles. The van der Waals surface area contributed by atoms with E-state index < -0.39 is 0 Å². The third-order valence-corrected chi connectivity index (χ3v) is 21.7. The van der Waals surface area contributed by atoms with E-state index in [1.807, 2.05) is 0 Å². The molecule has 214 valence electrons. The van der Waals surface area contributed by atoms with E-state index in [1.54, 1.807) is 64.2 Å². The zero-order valence-corrected chi connectivity index (χ0v) is 25.2. The topological polar surface area (TPSA) is 0 Å². The Bertz CT molecular complexity index is 1220. The fourth-order valence-corrected chi connectivity index (χ4v) is 23.1. The SMILES string of the molecule is CCC1C2CC[C@@H]3C4CC[C@@H]5[C@@H]6CCC7C[C@H]8[C@H]9C(CC)C[C@H]%10[C@@H]1[C@H]1[C@@H]2[C@@H]3[C@H]2[C@@H]4[C@@H]5[C@@H]3[C@@H]4[C@H]2[C@H]1[C@@H]([C@@H]4[C@H]8[C@H]7[C@H]63)[C@H]%109. The van der Waals surface area contributed by atoms with Gasteiger partial charge in [-0.1, -0.05) is 26.7 Å². The highest BCUT2D eigenvalue weighted by atomic mass is 14.9. The zero-order chi connectivity index (χ0) is 25.2. The predicted octanol–water partition coefficient (Wildman–Crippen LogP) is 8.37. The molecule has 0 aromatic carbocycles. The van der Waals surface area contributed by atoms with Crippen LogP contribution in [0.4, 0.5) is 0 Å². The fourth-order valence-electron chi connectivity index (χ4n) is 23.1. The summed E-state index contributed by atoms with van der Waals surface area (Å²) in [5.74, 6) is 34.2. The van der Waals surface area contributed by atoms with Crippen molar-refractivity contribution in [1.29, 1.82) is 0 Å². The van der Waals surface area contributed by atoms with Crippen LogP contribution in [0.5, 0.6) is 0 Å². The molecule has 0 spiro atoms. The van der Waals surface area contributed by atoms with Crippen molar-refractivity contribution in [3.05, 3.63) is 0 Å². The highest BCUT2D eigenvalue weighted by Crippen LogP contribution is 2.90. The number of hydrogen-bond acceptors (Lipinski definition) is 0. The van der Waals surface area contributed by atoms with Gasteiger partial charge in [-0.15, -0.1) is 0 Å². The van der Waals surface area contributed by atoms with Gasteiger partial charge < -0.3 is 0 Å². The largest absolute Gasteiger partial charge is 0.0651 e. The lowest BCUT2D eigenvalue weighted by Crippen LogP contribution is -2.58. The molecular formula is C40H54. The Morgan fingerprint density at radius 1 is 0.325 bits per heavy atom. The molecule has 0 heteroatoms. The van der Waals surface area contributed by atoms with Crippen LogP contribution in [0.2, 0.25) is 0 Å². The van der Waals surface area contributed by atoms with Crippen molar-refractivity contribution in [2.24, 2.45) is 166 Å². The van der Waals surface area contributed by atoms with Crippen molar-refractivity contribution in [2.75, 3.05) is 0 Å². The summed E-state index contributed by atoms with van der Waals surface area (Å²) in [7, 11) is 0. The lowest BCUT2D eigenvalue weighted by molar-refractivity contribution is -0.147. The smallest absolute Gasteiger partial charge is 0.0312 e. The van der Waals surface area contributed by atoms with Crippen LogP contribution in [0.25, 0.3) is 0 Å². The molecule has 0 aromatic rings. The maximum absolute atomic E-state index is 2.69. The van der Waals surface area contributed by atoms with Crippen LogP contribution in [-0.4, -0.2) is 0 Å². The minimum Gasteiger partial charge on any atom is -0.0651 e. The summed E-state index contributed by atoms with van der Waals surface area (Å²) in [5.41, 5.74) is 0. The molecule has 0 nitrogen and oxygen atoms in total. The van der Waals surface area contributed by atoms with Crippen LogP contribution in [0.3, 0.4) is 0 Å². The van der Waals surface area contributed by atoms with Crippen molar-refractivity contribution >= 4 is 0 Å². The van der Waals surface area contributed by atoms with Gasteiger partial charge in [-0.25, -0.2) is 0 Å². The van der Waals surface area contributed by atoms with Gasteiger partial charge in [-0.05, 0) is 217 Å². The first-order chi connectivity index (χ1) is 19.8. The average Bonchev–Trinajstić information content (AvgIpc) is 3.79. The second kappa shape index (κ2) is 6.37. The first-order valence-electron chi connectivity index (χ1n) is 19.8. The number of fused-ring (bicyclic) bond motifs is 4. The van der Waals surface area contributed by atoms with Gasteiger partial charge >= 0.3 is 0 Å². The molecule has 14 aliphatic rings. The normalized spacial score (nSPS) is 81.2. The molecule has 14 rings (SSSR count). The van der Waals surface area contributed by atoms with E-state index in [4.69, 9.17) is 0 Å². The molecule has 28 atom stereocenters. The summed E-state index contributed by atoms with van der Waals surface area (Å²) in [6.07, 6.45) is 16.8. The van der Waals surface area contributed by atoms with Crippen molar-refractivity contribution in [3.63, 3.8) is 0 Å². The Labute approximate surface area is 243 Å². The third-order valence-electron chi connectivity index (χ3n) is 21.7. The van der Waals surface area contributed by atoms with Crippen LogP contribution in [0.15, 0.2) is 0 Å². The van der Waals surface area contributed by atoms with E-state index in [0.717, 1.165) is 11.8 Å². The van der Waals surface area contributed by atoms with Gasteiger partial charge in [0, 0.05) is 0 Å². The highest BCUT2D eigenvalue weighted by Gasteiger charge is 2.86. The molecule has 0 amide bonds. The van der Waals surface area contributed by atoms with Crippen LogP contribution in [0, 0.1) is 166 Å². The first-order valence-corrected chi connectivity index (χ1v) is 19.8. The summed E-state index contributed by atoms with van der Waals surface area (Å²) < 4.78 is 0. The van der Waals surface area contributed by atoms with Gasteiger partial charge in [-0.3, -0.25) is 0 Å². The van der Waals surface area contributed by atoms with Gasteiger partial charge in [0.2, 0.25) is 0 Å². The molecule has 0 radical (unpaired) electrons. The number of rotatable bonds is 2. The molecule has 0 aliphatic heterocycles. The quantitative estimate of drug-likeness (QED) is 0.334. The van der Waals surface area contributed by atoms with Gasteiger partial charge in [0.15, 0.2) is 0 Å². The van der Waals surface area contributed by atoms with E-state index in [9.17, 15) is 0 Å². The van der Waals surface area contributed by atoms with Crippen molar-refractivity contribution in [1.82, 2.24) is 0 Å². The van der Waals surface area contributed by atoms with E-state index in [0.29, 0.717) is 0 Å². The molecule has 0 N–H and O–H groups in total.